The van der Waals surface area contributed by atoms with Crippen LogP contribution in [0, 0.1) is 17.9 Å². The van der Waals surface area contributed by atoms with Crippen molar-refractivity contribution >= 4 is 113 Å². The van der Waals surface area contributed by atoms with Gasteiger partial charge in [0.1, 0.15) is 0 Å². The number of rotatable bonds is 2. The van der Waals surface area contributed by atoms with E-state index in [4.69, 9.17) is 5.73 Å². The fourth-order valence-electron chi connectivity index (χ4n) is 1.03. The number of hydrogen-bond donors (Lipinski definition) is 2. The third-order valence-electron chi connectivity index (χ3n) is 1.80. The van der Waals surface area contributed by atoms with Gasteiger partial charge in [-0.3, -0.25) is 0 Å². The van der Waals surface area contributed by atoms with Crippen molar-refractivity contribution < 1.29 is 5.11 Å². The average Bonchev–Trinajstić information content (AvgIpc) is 2.23. The topological polar surface area (TPSA) is 46.2 Å². The molecule has 0 aliphatic rings. The van der Waals surface area contributed by atoms with Crippen LogP contribution in [0.3, 0.4) is 0 Å². The van der Waals surface area contributed by atoms with Crippen molar-refractivity contribution in [2.45, 2.75) is 6.10 Å². The first-order chi connectivity index (χ1) is 6.91. The van der Waals surface area contributed by atoms with E-state index in [0.29, 0.717) is 0 Å². The summed E-state index contributed by atoms with van der Waals surface area (Å²) in [6.45, 7) is 0.263. The number of aliphatic hydroxyl groups is 1. The highest BCUT2D eigenvalue weighted by Crippen LogP contribution is 2.36. The van der Waals surface area contributed by atoms with Crippen LogP contribution in [0.25, 0.3) is 0 Å². The van der Waals surface area contributed by atoms with Crippen molar-refractivity contribution in [1.29, 1.82) is 0 Å². The zero-order valence-electron chi connectivity index (χ0n) is 7.20. The van der Waals surface area contributed by atoms with Crippen molar-refractivity contribution in [3.8, 4) is 0 Å². The molecular weight excluding hydrogens is 761 g/mol. The van der Waals surface area contributed by atoms with Gasteiger partial charge in [0.05, 0.1) is 6.10 Å². The van der Waals surface area contributed by atoms with Crippen LogP contribution in [-0.2, 0) is 0 Å². The maximum atomic E-state index is 9.89. The van der Waals surface area contributed by atoms with Crippen LogP contribution in [-0.4, -0.2) is 11.7 Å². The lowest BCUT2D eigenvalue weighted by Crippen LogP contribution is -2.16. The summed E-state index contributed by atoms with van der Waals surface area (Å²) >= 11 is 11.5. The van der Waals surface area contributed by atoms with Crippen molar-refractivity contribution in [2.75, 3.05) is 6.54 Å². The molecule has 0 aromatic heterocycles. The van der Waals surface area contributed by atoms with E-state index in [9.17, 15) is 5.11 Å². The molecule has 0 aliphatic carbocycles. The van der Waals surface area contributed by atoms with E-state index in [0.717, 1.165) is 12.7 Å². The minimum absolute atomic E-state index is 0.263. The summed E-state index contributed by atoms with van der Waals surface area (Å²) in [4.78, 5) is 0. The molecule has 1 unspecified atom stereocenters. The van der Waals surface area contributed by atoms with Gasteiger partial charge in [-0.05, 0) is 113 Å². The Morgan fingerprint density at radius 3 is 1.53 bits per heavy atom. The molecule has 84 valence electrons. The molecule has 0 amide bonds. The average molecular weight is 767 g/mol. The number of nitrogens with two attached hydrogens (primary N) is 1. The lowest BCUT2D eigenvalue weighted by molar-refractivity contribution is 0.185. The third-order valence-corrected chi connectivity index (χ3v) is 11.4. The summed E-state index contributed by atoms with van der Waals surface area (Å²) in [7, 11) is 0. The van der Waals surface area contributed by atoms with Gasteiger partial charge in [0, 0.05) is 30.0 Å². The molecule has 0 aliphatic heterocycles. The highest BCUT2D eigenvalue weighted by molar-refractivity contribution is 14.1. The first-order valence-electron chi connectivity index (χ1n) is 3.81. The van der Waals surface area contributed by atoms with E-state index < -0.39 is 6.10 Å². The molecule has 0 spiro atoms. The van der Waals surface area contributed by atoms with Crippen molar-refractivity contribution in [1.82, 2.24) is 0 Å². The second-order valence-electron chi connectivity index (χ2n) is 2.74. The molecule has 1 rings (SSSR count). The van der Waals surface area contributed by atoms with Gasteiger partial charge < -0.3 is 10.8 Å². The summed E-state index contributed by atoms with van der Waals surface area (Å²) in [5.74, 6) is 0. The molecule has 15 heavy (non-hydrogen) atoms. The molecule has 0 radical (unpaired) electrons. The normalized spacial score (nSPS) is 13.0. The van der Waals surface area contributed by atoms with Gasteiger partial charge in [-0.2, -0.15) is 0 Å². The molecule has 0 bridgehead atoms. The Labute approximate surface area is 157 Å². The smallest absolute Gasteiger partial charge is 0.0933 e. The van der Waals surface area contributed by atoms with Crippen LogP contribution in [0.15, 0.2) is 0 Å². The molecule has 0 saturated carbocycles. The predicted molar refractivity (Wildman–Crippen MR) is 104 cm³/mol. The summed E-state index contributed by atoms with van der Waals surface area (Å²) < 4.78 is 5.86. The quantitative estimate of drug-likeness (QED) is 0.275. The second-order valence-corrected chi connectivity index (χ2v) is 8.13. The van der Waals surface area contributed by atoms with Crippen LogP contribution in [0.1, 0.15) is 11.7 Å². The highest BCUT2D eigenvalue weighted by Gasteiger charge is 2.21. The number of halogens is 5. The number of aliphatic hydroxyl groups excluding tert-OH is 1. The maximum absolute atomic E-state index is 9.89. The van der Waals surface area contributed by atoms with Crippen molar-refractivity contribution in [3.63, 3.8) is 0 Å². The van der Waals surface area contributed by atoms with E-state index in [-0.39, 0.29) is 6.54 Å². The van der Waals surface area contributed by atoms with Crippen LogP contribution < -0.4 is 5.73 Å². The van der Waals surface area contributed by atoms with E-state index in [1.165, 1.54) is 10.7 Å². The van der Waals surface area contributed by atoms with Gasteiger partial charge in [-0.25, -0.2) is 0 Å². The molecule has 1 atom stereocenters. The Kier molecular flexibility index (Phi) is 7.20. The molecular formula is C8H6I5NO. The van der Waals surface area contributed by atoms with Gasteiger partial charge in [0.25, 0.3) is 0 Å². The van der Waals surface area contributed by atoms with E-state index in [1.807, 2.05) is 0 Å². The fourth-order valence-corrected chi connectivity index (χ4v) is 6.55. The van der Waals surface area contributed by atoms with Gasteiger partial charge >= 0.3 is 0 Å². The molecule has 3 N–H and O–H groups in total. The molecule has 0 heterocycles. The van der Waals surface area contributed by atoms with Crippen LogP contribution in [0.5, 0.6) is 0 Å². The minimum atomic E-state index is -0.567. The molecule has 0 fully saturated rings. The zero-order chi connectivity index (χ0) is 11.7. The third kappa shape index (κ3) is 3.42. The lowest BCUT2D eigenvalue weighted by atomic mass is 10.1. The van der Waals surface area contributed by atoms with Crippen molar-refractivity contribution in [3.05, 3.63) is 23.4 Å². The monoisotopic (exact) mass is 767 g/mol. The molecule has 7 heteroatoms. The van der Waals surface area contributed by atoms with E-state index in [2.05, 4.69) is 113 Å². The largest absolute Gasteiger partial charge is 0.387 e. The van der Waals surface area contributed by atoms with Crippen LogP contribution in [0.4, 0.5) is 0 Å². The fraction of sp³-hybridized carbons (Fsp3) is 0.250. The number of benzene rings is 1. The van der Waals surface area contributed by atoms with Gasteiger partial charge in [-0.15, -0.1) is 0 Å². The first kappa shape index (κ1) is 15.8. The van der Waals surface area contributed by atoms with Crippen LogP contribution in [0.2, 0.25) is 0 Å². The summed E-state index contributed by atoms with van der Waals surface area (Å²) in [6.07, 6.45) is -0.567. The molecule has 2 nitrogen and oxygen atoms in total. The first-order valence-corrected chi connectivity index (χ1v) is 9.20. The molecule has 1 aromatic carbocycles. The van der Waals surface area contributed by atoms with Crippen molar-refractivity contribution in [2.24, 2.45) is 5.73 Å². The van der Waals surface area contributed by atoms with Gasteiger partial charge in [0.15, 0.2) is 0 Å². The Balaban J connectivity index is 3.52. The predicted octanol–water partition coefficient (Wildman–Crippen LogP) is 3.70. The highest BCUT2D eigenvalue weighted by atomic mass is 127. The summed E-state index contributed by atoms with van der Waals surface area (Å²) in [5, 5.41) is 9.89. The number of hydrogen-bond acceptors (Lipinski definition) is 2. The standard InChI is InChI=1S/C8H6I5NO/c9-4-3(2(15)1-14)5(10)7(12)8(13)6(4)11/h2,15H,1,14H2. The van der Waals surface area contributed by atoms with E-state index in [1.54, 1.807) is 0 Å². The summed E-state index contributed by atoms with van der Waals surface area (Å²) in [5.41, 5.74) is 6.48. The van der Waals surface area contributed by atoms with Gasteiger partial charge in [0.2, 0.25) is 0 Å². The molecule has 0 saturated heterocycles. The Morgan fingerprint density at radius 1 is 0.867 bits per heavy atom. The van der Waals surface area contributed by atoms with E-state index >= 15 is 0 Å². The van der Waals surface area contributed by atoms with Crippen LogP contribution >= 0.6 is 113 Å². The Hall–Kier alpha value is 2.79. The Bertz CT molecular complexity index is 366. The minimum Gasteiger partial charge on any atom is -0.387 e. The Morgan fingerprint density at radius 2 is 1.20 bits per heavy atom. The second kappa shape index (κ2) is 6.81. The summed E-state index contributed by atoms with van der Waals surface area (Å²) in [6, 6.07) is 0. The SMILES string of the molecule is NCC(O)c1c(I)c(I)c(I)c(I)c1I. The molecule has 1 aromatic rings. The zero-order valence-corrected chi connectivity index (χ0v) is 18.0. The van der Waals surface area contributed by atoms with Gasteiger partial charge in [-0.1, -0.05) is 0 Å². The maximum Gasteiger partial charge on any atom is 0.0933 e. The lowest BCUT2D eigenvalue weighted by Gasteiger charge is -2.17.